The number of aromatic nitrogens is 1. The summed E-state index contributed by atoms with van der Waals surface area (Å²) in [7, 11) is 0. The molecule has 10 heteroatoms. The number of cyclic esters (lactones) is 1. The molecule has 1 saturated carbocycles. The Morgan fingerprint density at radius 2 is 1.86 bits per heavy atom. The van der Waals surface area contributed by atoms with Crippen molar-refractivity contribution in [3.63, 3.8) is 0 Å². The van der Waals surface area contributed by atoms with Gasteiger partial charge in [0, 0.05) is 43.0 Å². The van der Waals surface area contributed by atoms with E-state index in [0.717, 1.165) is 62.2 Å². The Morgan fingerprint density at radius 3 is 2.57 bits per heavy atom. The molecule has 0 unspecified atom stereocenters. The molecule has 1 aromatic carbocycles. The van der Waals surface area contributed by atoms with Crippen LogP contribution in [0.1, 0.15) is 55.3 Å². The number of benzene rings is 1. The maximum atomic E-state index is 13.7. The molecule has 1 aromatic heterocycles. The van der Waals surface area contributed by atoms with Crippen molar-refractivity contribution in [1.82, 2.24) is 20.1 Å². The summed E-state index contributed by atoms with van der Waals surface area (Å²) in [4.78, 5) is 33.1. The van der Waals surface area contributed by atoms with Crippen LogP contribution >= 0.6 is 12.4 Å². The van der Waals surface area contributed by atoms with E-state index in [1.807, 2.05) is 18.3 Å². The third-order valence-corrected chi connectivity index (χ3v) is 7.29. The number of urea groups is 1. The molecule has 5 rings (SSSR count). The van der Waals surface area contributed by atoms with E-state index in [0.29, 0.717) is 17.5 Å². The Kier molecular flexibility index (Phi) is 7.86. The molecular weight excluding hydrogens is 478 g/mol. The summed E-state index contributed by atoms with van der Waals surface area (Å²) in [6.07, 6.45) is 6.26. The Hall–Kier alpha value is -2.78. The Bertz CT molecular complexity index is 1050. The number of hydrogen-bond acceptors (Lipinski definition) is 5. The number of ether oxygens (including phenoxy) is 1. The van der Waals surface area contributed by atoms with E-state index >= 15 is 0 Å². The third kappa shape index (κ3) is 5.41. The van der Waals surface area contributed by atoms with E-state index in [1.165, 1.54) is 11.8 Å². The van der Waals surface area contributed by atoms with Crippen molar-refractivity contribution in [3.8, 4) is 0 Å². The first-order chi connectivity index (χ1) is 16.5. The van der Waals surface area contributed by atoms with Gasteiger partial charge in [-0.25, -0.2) is 23.3 Å². The van der Waals surface area contributed by atoms with E-state index in [2.05, 4.69) is 21.3 Å². The average molecular weight is 507 g/mol. The molecule has 3 aliphatic rings. The van der Waals surface area contributed by atoms with E-state index in [4.69, 9.17) is 4.74 Å². The SMILES string of the molecule is Cl.O=C(N[C@@H]1CCN([C@H]2CC[C@@H](c3ccccn3)CC2)C1)N1C(=O)OC[C@@H]1c1ccc(F)c(F)c1. The van der Waals surface area contributed by atoms with Gasteiger partial charge in [-0.3, -0.25) is 9.88 Å². The van der Waals surface area contributed by atoms with Crippen LogP contribution in [0.15, 0.2) is 42.6 Å². The summed E-state index contributed by atoms with van der Waals surface area (Å²) in [5.74, 6) is -1.50. The summed E-state index contributed by atoms with van der Waals surface area (Å²) < 4.78 is 32.1. The Morgan fingerprint density at radius 1 is 1.06 bits per heavy atom. The number of imide groups is 1. The molecule has 2 atom stereocenters. The van der Waals surface area contributed by atoms with Gasteiger partial charge >= 0.3 is 12.1 Å². The van der Waals surface area contributed by atoms with Gasteiger partial charge < -0.3 is 10.1 Å². The molecule has 35 heavy (non-hydrogen) atoms. The highest BCUT2D eigenvalue weighted by atomic mass is 35.5. The number of amides is 3. The van der Waals surface area contributed by atoms with Gasteiger partial charge in [-0.05, 0) is 61.9 Å². The molecule has 3 fully saturated rings. The number of nitrogens with zero attached hydrogens (tertiary/aromatic N) is 3. The van der Waals surface area contributed by atoms with Crippen LogP contribution in [-0.4, -0.2) is 58.7 Å². The molecule has 2 saturated heterocycles. The van der Waals surface area contributed by atoms with Gasteiger partial charge in [-0.15, -0.1) is 12.4 Å². The second kappa shape index (κ2) is 10.9. The Labute approximate surface area is 209 Å². The molecule has 0 spiro atoms. The van der Waals surface area contributed by atoms with Crippen molar-refractivity contribution in [1.29, 1.82) is 0 Å². The van der Waals surface area contributed by atoms with Gasteiger partial charge in [0.1, 0.15) is 12.6 Å². The van der Waals surface area contributed by atoms with Gasteiger partial charge in [0.15, 0.2) is 11.6 Å². The molecule has 1 aliphatic carbocycles. The minimum Gasteiger partial charge on any atom is -0.446 e. The predicted molar refractivity (Wildman–Crippen MR) is 127 cm³/mol. The van der Waals surface area contributed by atoms with Gasteiger partial charge in [0.2, 0.25) is 0 Å². The number of halogens is 3. The van der Waals surface area contributed by atoms with Crippen molar-refractivity contribution in [2.24, 2.45) is 0 Å². The smallest absolute Gasteiger partial charge is 0.418 e. The first kappa shape index (κ1) is 25.3. The van der Waals surface area contributed by atoms with Gasteiger partial charge in [0.05, 0.1) is 0 Å². The summed E-state index contributed by atoms with van der Waals surface area (Å²) in [6, 6.07) is 8.47. The zero-order chi connectivity index (χ0) is 23.7. The molecule has 188 valence electrons. The van der Waals surface area contributed by atoms with Crippen molar-refractivity contribution in [2.45, 2.75) is 56.1 Å². The average Bonchev–Trinajstić information content (AvgIpc) is 3.48. The fourth-order valence-electron chi connectivity index (χ4n) is 5.45. The molecule has 2 aliphatic heterocycles. The van der Waals surface area contributed by atoms with Crippen LogP contribution in [-0.2, 0) is 4.74 Å². The van der Waals surface area contributed by atoms with Crippen molar-refractivity contribution >= 4 is 24.5 Å². The van der Waals surface area contributed by atoms with Crippen LogP contribution in [0.4, 0.5) is 18.4 Å². The number of likely N-dealkylation sites (tertiary alicyclic amines) is 1. The molecular formula is C25H29ClF2N4O3. The van der Waals surface area contributed by atoms with E-state index in [9.17, 15) is 18.4 Å². The summed E-state index contributed by atoms with van der Waals surface area (Å²) in [5, 5.41) is 2.95. The summed E-state index contributed by atoms with van der Waals surface area (Å²) >= 11 is 0. The molecule has 3 amide bonds. The number of carbonyl (C=O) groups excluding carboxylic acids is 2. The highest BCUT2D eigenvalue weighted by Gasteiger charge is 2.41. The van der Waals surface area contributed by atoms with Crippen LogP contribution in [0.25, 0.3) is 0 Å². The number of hydrogen-bond donors (Lipinski definition) is 1. The van der Waals surface area contributed by atoms with Crippen LogP contribution in [0, 0.1) is 11.6 Å². The first-order valence-corrected chi connectivity index (χ1v) is 11.9. The van der Waals surface area contributed by atoms with Crippen LogP contribution in [0.5, 0.6) is 0 Å². The van der Waals surface area contributed by atoms with E-state index in [-0.39, 0.29) is 25.1 Å². The van der Waals surface area contributed by atoms with Gasteiger partial charge in [-0.2, -0.15) is 0 Å². The monoisotopic (exact) mass is 506 g/mol. The maximum Gasteiger partial charge on any atom is 0.418 e. The van der Waals surface area contributed by atoms with E-state index < -0.39 is 29.8 Å². The molecule has 2 aromatic rings. The van der Waals surface area contributed by atoms with Crippen LogP contribution < -0.4 is 5.32 Å². The Balaban J connectivity index is 0.00000289. The fourth-order valence-corrected chi connectivity index (χ4v) is 5.45. The number of carbonyl (C=O) groups is 2. The predicted octanol–water partition coefficient (Wildman–Crippen LogP) is 4.79. The number of pyridine rings is 1. The minimum absolute atomic E-state index is 0. The highest BCUT2D eigenvalue weighted by molar-refractivity contribution is 5.92. The lowest BCUT2D eigenvalue weighted by Crippen LogP contribution is -2.47. The van der Waals surface area contributed by atoms with Crippen LogP contribution in [0.2, 0.25) is 0 Å². The summed E-state index contributed by atoms with van der Waals surface area (Å²) in [5.41, 5.74) is 1.48. The van der Waals surface area contributed by atoms with Gasteiger partial charge in [0.25, 0.3) is 0 Å². The zero-order valence-corrected chi connectivity index (χ0v) is 20.1. The lowest BCUT2D eigenvalue weighted by Gasteiger charge is -2.34. The second-order valence-corrected chi connectivity index (χ2v) is 9.33. The quantitative estimate of drug-likeness (QED) is 0.645. The zero-order valence-electron chi connectivity index (χ0n) is 19.2. The number of rotatable bonds is 4. The van der Waals surface area contributed by atoms with Gasteiger partial charge in [-0.1, -0.05) is 12.1 Å². The van der Waals surface area contributed by atoms with Crippen molar-refractivity contribution in [2.75, 3.05) is 19.7 Å². The maximum absolute atomic E-state index is 13.7. The minimum atomic E-state index is -1.03. The standard InChI is InChI=1S/C25H28F2N4O3.ClH/c26-20-9-6-17(13-21(20)27)23-15-34-25(33)31(23)24(32)29-18-10-12-30(14-18)19-7-4-16(5-8-19)22-3-1-2-11-28-22;/h1-3,6,9,11,13,16,18-19,23H,4-5,7-8,10,12,14-15H2,(H,29,32);1H/t16-,18-,19+,23-;/m1./s1. The van der Waals surface area contributed by atoms with Crippen molar-refractivity contribution < 1.29 is 23.1 Å². The molecule has 0 bridgehead atoms. The third-order valence-electron chi connectivity index (χ3n) is 7.29. The van der Waals surface area contributed by atoms with Crippen molar-refractivity contribution in [3.05, 3.63) is 65.5 Å². The van der Waals surface area contributed by atoms with Crippen LogP contribution in [0.3, 0.4) is 0 Å². The molecule has 1 N–H and O–H groups in total. The molecule has 7 nitrogen and oxygen atoms in total. The summed E-state index contributed by atoms with van der Waals surface area (Å²) in [6.45, 7) is 1.53. The lowest BCUT2D eigenvalue weighted by atomic mass is 9.83. The highest BCUT2D eigenvalue weighted by Crippen LogP contribution is 2.35. The lowest BCUT2D eigenvalue weighted by molar-refractivity contribution is 0.155. The largest absolute Gasteiger partial charge is 0.446 e. The normalized spacial score (nSPS) is 26.8. The second-order valence-electron chi connectivity index (χ2n) is 9.33. The topological polar surface area (TPSA) is 74.8 Å². The molecule has 3 heterocycles. The fraction of sp³-hybridized carbons (Fsp3) is 0.480. The molecule has 0 radical (unpaired) electrons. The number of nitrogens with one attached hydrogen (secondary N) is 1. The van der Waals surface area contributed by atoms with E-state index in [1.54, 1.807) is 0 Å². The first-order valence-electron chi connectivity index (χ1n) is 11.9.